The summed E-state index contributed by atoms with van der Waals surface area (Å²) in [6.45, 7) is 1.63. The van der Waals surface area contributed by atoms with Gasteiger partial charge in [0.2, 0.25) is 5.91 Å². The highest BCUT2D eigenvalue weighted by Gasteiger charge is 2.46. The topological polar surface area (TPSA) is 114 Å². The predicted molar refractivity (Wildman–Crippen MR) is 139 cm³/mol. The smallest absolute Gasteiger partial charge is 0.261 e. The van der Waals surface area contributed by atoms with Gasteiger partial charge >= 0.3 is 0 Å². The molecule has 2 aliphatic heterocycles. The second-order valence-corrected chi connectivity index (χ2v) is 11.3. The van der Waals surface area contributed by atoms with Gasteiger partial charge in [-0.2, -0.15) is 0 Å². The van der Waals surface area contributed by atoms with Crippen LogP contribution in [0.3, 0.4) is 0 Å². The molecule has 1 amide bonds. The molecule has 0 aromatic heterocycles. The lowest BCUT2D eigenvalue weighted by atomic mass is 9.84. The molecule has 0 spiro atoms. The van der Waals surface area contributed by atoms with Crippen molar-refractivity contribution in [3.8, 4) is 5.75 Å². The maximum absolute atomic E-state index is 13.2. The molecule has 5 atom stereocenters. The van der Waals surface area contributed by atoms with Gasteiger partial charge in [0.15, 0.2) is 0 Å². The number of benzene rings is 3. The molecular formula is C28H29FN2O6S. The predicted octanol–water partition coefficient (Wildman–Crippen LogP) is 3.89. The summed E-state index contributed by atoms with van der Waals surface area (Å²) >= 11 is 0. The molecule has 1 saturated heterocycles. The van der Waals surface area contributed by atoms with E-state index in [1.54, 1.807) is 18.2 Å². The second-order valence-electron chi connectivity index (χ2n) is 9.62. The fourth-order valence-corrected chi connectivity index (χ4v) is 6.16. The van der Waals surface area contributed by atoms with Crippen molar-refractivity contribution >= 4 is 21.6 Å². The van der Waals surface area contributed by atoms with Crippen molar-refractivity contribution in [1.82, 2.24) is 5.32 Å². The van der Waals surface area contributed by atoms with E-state index in [1.807, 2.05) is 37.3 Å². The van der Waals surface area contributed by atoms with Gasteiger partial charge in [-0.05, 0) is 61.4 Å². The third-order valence-electron chi connectivity index (χ3n) is 6.97. The minimum absolute atomic E-state index is 0.0595. The highest BCUT2D eigenvalue weighted by molar-refractivity contribution is 7.92. The number of halogens is 1. The quantitative estimate of drug-likeness (QED) is 0.400. The van der Waals surface area contributed by atoms with Gasteiger partial charge < -0.3 is 19.9 Å². The molecule has 0 radical (unpaired) electrons. The van der Waals surface area contributed by atoms with Crippen LogP contribution < -0.4 is 14.8 Å². The molecular weight excluding hydrogens is 511 g/mol. The normalized spacial score (nSPS) is 23.0. The zero-order chi connectivity index (χ0) is 26.9. The Balaban J connectivity index is 1.30. The van der Waals surface area contributed by atoms with E-state index >= 15 is 0 Å². The number of fused-ring (bicyclic) bond motifs is 3. The van der Waals surface area contributed by atoms with Crippen LogP contribution in [-0.2, 0) is 19.6 Å². The van der Waals surface area contributed by atoms with Crippen LogP contribution in [0, 0.1) is 5.82 Å². The van der Waals surface area contributed by atoms with E-state index in [-0.39, 0.29) is 35.8 Å². The van der Waals surface area contributed by atoms with E-state index in [2.05, 4.69) is 10.0 Å². The number of carbonyl (C=O) groups is 1. The first-order valence-corrected chi connectivity index (χ1v) is 13.9. The average Bonchev–Trinajstić information content (AvgIpc) is 3.26. The number of rotatable bonds is 8. The van der Waals surface area contributed by atoms with Gasteiger partial charge in [0.05, 0.1) is 30.1 Å². The van der Waals surface area contributed by atoms with E-state index in [0.29, 0.717) is 17.9 Å². The summed E-state index contributed by atoms with van der Waals surface area (Å²) in [6, 6.07) is 19.0. The second kappa shape index (κ2) is 10.7. The third kappa shape index (κ3) is 5.52. The van der Waals surface area contributed by atoms with Crippen molar-refractivity contribution < 1.29 is 32.2 Å². The zero-order valence-corrected chi connectivity index (χ0v) is 21.5. The van der Waals surface area contributed by atoms with E-state index in [4.69, 9.17) is 9.47 Å². The molecule has 2 aliphatic rings. The Hall–Kier alpha value is -3.47. The van der Waals surface area contributed by atoms with Gasteiger partial charge in [-0.25, -0.2) is 12.8 Å². The fourth-order valence-electron chi connectivity index (χ4n) is 5.11. The molecule has 38 heavy (non-hydrogen) atoms. The Morgan fingerprint density at radius 2 is 1.84 bits per heavy atom. The van der Waals surface area contributed by atoms with Crippen LogP contribution in [0.4, 0.5) is 10.1 Å². The molecule has 0 unspecified atom stereocenters. The highest BCUT2D eigenvalue weighted by atomic mass is 32.2. The Morgan fingerprint density at radius 3 is 2.55 bits per heavy atom. The minimum Gasteiger partial charge on any atom is -0.487 e. The van der Waals surface area contributed by atoms with Gasteiger partial charge in [0.1, 0.15) is 23.8 Å². The van der Waals surface area contributed by atoms with Crippen molar-refractivity contribution in [2.45, 2.75) is 54.9 Å². The molecule has 0 saturated carbocycles. The minimum atomic E-state index is -3.93. The van der Waals surface area contributed by atoms with Gasteiger partial charge in [-0.15, -0.1) is 0 Å². The van der Waals surface area contributed by atoms with Crippen LogP contribution in [0.2, 0.25) is 0 Å². The first-order valence-electron chi connectivity index (χ1n) is 12.4. The standard InChI is InChI=1S/C28H29FN2O6S/c1-17(18-5-3-2-4-6-18)30-27(33)15-21-14-24-23-13-20(9-12-25(23)37-28(24)26(16-32)36-21)31-38(34,35)22-10-7-19(29)8-11-22/h2-13,17,21,24,26,28,31-32H,14-16H2,1H3,(H,30,33)/t17-,21-,24-,26-,28+/m0/s1. The van der Waals surface area contributed by atoms with Crippen LogP contribution in [0.5, 0.6) is 5.75 Å². The van der Waals surface area contributed by atoms with Crippen LogP contribution in [0.15, 0.2) is 77.7 Å². The fraction of sp³-hybridized carbons (Fsp3) is 0.321. The number of nitrogens with one attached hydrogen (secondary N) is 2. The number of carbonyl (C=O) groups excluding carboxylic acids is 1. The SMILES string of the molecule is C[C@H](NC(=O)C[C@@H]1C[C@H]2c3cc(NS(=O)(=O)c4ccc(F)cc4)ccc3O[C@H]2[C@H](CO)O1)c1ccccc1. The molecule has 0 bridgehead atoms. The van der Waals surface area contributed by atoms with Crippen LogP contribution in [-0.4, -0.2) is 44.4 Å². The Kier molecular flexibility index (Phi) is 7.38. The molecule has 5 rings (SSSR count). The largest absolute Gasteiger partial charge is 0.487 e. The Bertz CT molecular complexity index is 1400. The molecule has 8 nitrogen and oxygen atoms in total. The molecule has 200 valence electrons. The summed E-state index contributed by atoms with van der Waals surface area (Å²) in [6.07, 6.45) is -0.963. The van der Waals surface area contributed by atoms with Crippen molar-refractivity contribution in [1.29, 1.82) is 0 Å². The van der Waals surface area contributed by atoms with Crippen molar-refractivity contribution in [2.24, 2.45) is 0 Å². The van der Waals surface area contributed by atoms with Gasteiger partial charge in [-0.1, -0.05) is 30.3 Å². The van der Waals surface area contributed by atoms with Crippen molar-refractivity contribution in [3.05, 3.63) is 89.7 Å². The number of hydrogen-bond donors (Lipinski definition) is 3. The average molecular weight is 541 g/mol. The maximum Gasteiger partial charge on any atom is 0.261 e. The molecule has 2 heterocycles. The molecule has 3 N–H and O–H groups in total. The Labute approximate surface area is 220 Å². The number of sulfonamides is 1. The van der Waals surface area contributed by atoms with Gasteiger partial charge in [-0.3, -0.25) is 9.52 Å². The number of aliphatic hydroxyl groups is 1. The van der Waals surface area contributed by atoms with Crippen molar-refractivity contribution in [2.75, 3.05) is 11.3 Å². The molecule has 3 aromatic carbocycles. The summed E-state index contributed by atoms with van der Waals surface area (Å²) in [4.78, 5) is 12.7. The number of aliphatic hydroxyl groups excluding tert-OH is 1. The van der Waals surface area contributed by atoms with Crippen LogP contribution >= 0.6 is 0 Å². The van der Waals surface area contributed by atoms with Gasteiger partial charge in [0.25, 0.3) is 10.0 Å². The van der Waals surface area contributed by atoms with E-state index in [0.717, 1.165) is 23.3 Å². The Morgan fingerprint density at radius 1 is 1.11 bits per heavy atom. The summed E-state index contributed by atoms with van der Waals surface area (Å²) < 4.78 is 53.5. The van der Waals surface area contributed by atoms with Crippen LogP contribution in [0.25, 0.3) is 0 Å². The number of hydrogen-bond acceptors (Lipinski definition) is 6. The van der Waals surface area contributed by atoms with E-state index < -0.39 is 34.2 Å². The summed E-state index contributed by atoms with van der Waals surface area (Å²) in [5.74, 6) is -0.313. The van der Waals surface area contributed by atoms with E-state index in [9.17, 15) is 22.7 Å². The maximum atomic E-state index is 13.2. The van der Waals surface area contributed by atoms with E-state index in [1.165, 1.54) is 12.1 Å². The number of ether oxygens (including phenoxy) is 2. The summed E-state index contributed by atoms with van der Waals surface area (Å²) in [7, 11) is -3.93. The summed E-state index contributed by atoms with van der Waals surface area (Å²) in [5.41, 5.74) is 2.10. The first kappa shape index (κ1) is 26.1. The lowest BCUT2D eigenvalue weighted by molar-refractivity contribution is -0.142. The lowest BCUT2D eigenvalue weighted by Gasteiger charge is -2.37. The highest BCUT2D eigenvalue weighted by Crippen LogP contribution is 2.47. The molecule has 0 aliphatic carbocycles. The van der Waals surface area contributed by atoms with Crippen molar-refractivity contribution in [3.63, 3.8) is 0 Å². The number of amides is 1. The molecule has 10 heteroatoms. The summed E-state index contributed by atoms with van der Waals surface area (Å²) in [5, 5.41) is 13.0. The van der Waals surface area contributed by atoms with Gasteiger partial charge in [0, 0.05) is 17.2 Å². The van der Waals surface area contributed by atoms with Crippen LogP contribution in [0.1, 0.15) is 42.9 Å². The zero-order valence-electron chi connectivity index (χ0n) is 20.7. The monoisotopic (exact) mass is 540 g/mol. The third-order valence-corrected chi connectivity index (χ3v) is 8.36. The number of anilines is 1. The lowest BCUT2D eigenvalue weighted by Crippen LogP contribution is -2.47. The molecule has 1 fully saturated rings. The first-order chi connectivity index (χ1) is 18.2. The molecule has 3 aromatic rings.